The fourth-order valence-corrected chi connectivity index (χ4v) is 3.82. The summed E-state index contributed by atoms with van der Waals surface area (Å²) in [6.45, 7) is 2.13. The Bertz CT molecular complexity index is 634. The van der Waals surface area contributed by atoms with E-state index in [4.69, 9.17) is 10.5 Å². The highest BCUT2D eigenvalue weighted by atomic mass is 35.5. The van der Waals surface area contributed by atoms with Crippen molar-refractivity contribution < 1.29 is 14.3 Å². The maximum Gasteiger partial charge on any atom is 0.268 e. The second-order valence-corrected chi connectivity index (χ2v) is 6.96. The van der Waals surface area contributed by atoms with Gasteiger partial charge in [-0.2, -0.15) is 0 Å². The summed E-state index contributed by atoms with van der Waals surface area (Å²) in [5, 5.41) is 3.05. The zero-order chi connectivity index (χ0) is 17.8. The first-order valence-electron chi connectivity index (χ1n) is 9.16. The van der Waals surface area contributed by atoms with Crippen molar-refractivity contribution in [1.29, 1.82) is 0 Å². The maximum absolute atomic E-state index is 12.6. The molecular formula is C19H28ClN3O3. The molecule has 26 heavy (non-hydrogen) atoms. The van der Waals surface area contributed by atoms with Crippen molar-refractivity contribution in [2.45, 2.75) is 51.2 Å². The van der Waals surface area contributed by atoms with Crippen LogP contribution in [0.1, 0.15) is 39.0 Å². The molecule has 3 rings (SSSR count). The van der Waals surface area contributed by atoms with Crippen molar-refractivity contribution >= 4 is 29.9 Å². The molecule has 144 valence electrons. The Morgan fingerprint density at radius 3 is 2.69 bits per heavy atom. The number of para-hydroxylation sites is 2. The normalized spacial score (nSPS) is 21.2. The molecule has 1 aromatic rings. The molecular weight excluding hydrogens is 354 g/mol. The van der Waals surface area contributed by atoms with E-state index in [0.717, 1.165) is 12.8 Å². The number of nitrogens with two attached hydrogens (primary N) is 1. The molecule has 1 heterocycles. The number of ether oxygens (including phenoxy) is 1. The van der Waals surface area contributed by atoms with Crippen LogP contribution in [-0.4, -0.2) is 37.0 Å². The van der Waals surface area contributed by atoms with Crippen LogP contribution in [0.25, 0.3) is 0 Å². The Labute approximate surface area is 160 Å². The summed E-state index contributed by atoms with van der Waals surface area (Å²) in [6, 6.07) is 7.28. The van der Waals surface area contributed by atoms with Crippen LogP contribution in [0.5, 0.6) is 5.75 Å². The molecule has 2 atom stereocenters. The highest BCUT2D eigenvalue weighted by molar-refractivity contribution is 6.03. The van der Waals surface area contributed by atoms with Gasteiger partial charge < -0.3 is 15.8 Å². The Hall–Kier alpha value is -1.79. The molecule has 2 aliphatic rings. The average Bonchev–Trinajstić information content (AvgIpc) is 2.64. The quantitative estimate of drug-likeness (QED) is 0.819. The van der Waals surface area contributed by atoms with E-state index in [-0.39, 0.29) is 36.8 Å². The number of rotatable bonds is 5. The second kappa shape index (κ2) is 9.24. The lowest BCUT2D eigenvalue weighted by atomic mass is 9.84. The van der Waals surface area contributed by atoms with Gasteiger partial charge in [-0.1, -0.05) is 31.4 Å². The van der Waals surface area contributed by atoms with Crippen molar-refractivity contribution in [3.8, 4) is 5.75 Å². The minimum atomic E-state index is -0.591. The summed E-state index contributed by atoms with van der Waals surface area (Å²) in [7, 11) is 0. The van der Waals surface area contributed by atoms with E-state index in [2.05, 4.69) is 5.32 Å². The molecule has 2 unspecified atom stereocenters. The molecule has 1 aromatic carbocycles. The average molecular weight is 382 g/mol. The first-order chi connectivity index (χ1) is 12.1. The number of anilines is 1. The smallest absolute Gasteiger partial charge is 0.268 e. The van der Waals surface area contributed by atoms with Crippen LogP contribution >= 0.6 is 12.4 Å². The van der Waals surface area contributed by atoms with Gasteiger partial charge in [0, 0.05) is 12.6 Å². The molecule has 7 heteroatoms. The van der Waals surface area contributed by atoms with Crippen LogP contribution in [0.3, 0.4) is 0 Å². The minimum absolute atomic E-state index is 0. The lowest BCUT2D eigenvalue weighted by molar-refractivity contribution is -0.128. The first-order valence-corrected chi connectivity index (χ1v) is 9.16. The number of halogens is 1. The zero-order valence-electron chi connectivity index (χ0n) is 15.1. The summed E-state index contributed by atoms with van der Waals surface area (Å²) in [5.41, 5.74) is 6.54. The van der Waals surface area contributed by atoms with Gasteiger partial charge in [0.05, 0.1) is 5.69 Å². The van der Waals surface area contributed by atoms with Crippen LogP contribution in [0.4, 0.5) is 5.69 Å². The molecule has 1 fully saturated rings. The van der Waals surface area contributed by atoms with Crippen molar-refractivity contribution in [2.75, 3.05) is 18.0 Å². The second-order valence-electron chi connectivity index (χ2n) is 6.96. The Kier molecular flexibility index (Phi) is 7.29. The van der Waals surface area contributed by atoms with Crippen LogP contribution in [0, 0.1) is 5.92 Å². The molecule has 0 spiro atoms. The van der Waals surface area contributed by atoms with Crippen LogP contribution in [0.2, 0.25) is 0 Å². The maximum atomic E-state index is 12.6. The number of benzene rings is 1. The van der Waals surface area contributed by atoms with E-state index in [1.807, 2.05) is 18.2 Å². The van der Waals surface area contributed by atoms with E-state index in [1.165, 1.54) is 24.2 Å². The third-order valence-corrected chi connectivity index (χ3v) is 5.19. The van der Waals surface area contributed by atoms with Gasteiger partial charge in [-0.05, 0) is 37.8 Å². The molecule has 0 bridgehead atoms. The number of hydrogen-bond donors (Lipinski definition) is 2. The number of amides is 2. The van der Waals surface area contributed by atoms with Gasteiger partial charge in [0.15, 0.2) is 6.10 Å². The lowest BCUT2D eigenvalue weighted by Gasteiger charge is -2.34. The van der Waals surface area contributed by atoms with E-state index >= 15 is 0 Å². The monoisotopic (exact) mass is 381 g/mol. The van der Waals surface area contributed by atoms with Gasteiger partial charge >= 0.3 is 0 Å². The SMILES string of the molecule is CC1Oc2ccccc2N(CC(=O)NC(CN)C2CCCCC2)C1=O.Cl. The van der Waals surface area contributed by atoms with Gasteiger partial charge in [0.1, 0.15) is 12.3 Å². The van der Waals surface area contributed by atoms with Gasteiger partial charge in [-0.3, -0.25) is 14.5 Å². The fraction of sp³-hybridized carbons (Fsp3) is 0.579. The molecule has 1 aliphatic carbocycles. The number of carbonyl (C=O) groups excluding carboxylic acids is 2. The highest BCUT2D eigenvalue weighted by Crippen LogP contribution is 2.33. The minimum Gasteiger partial charge on any atom is -0.479 e. The number of fused-ring (bicyclic) bond motifs is 1. The topological polar surface area (TPSA) is 84.7 Å². The molecule has 1 aliphatic heterocycles. The summed E-state index contributed by atoms with van der Waals surface area (Å²) in [4.78, 5) is 26.6. The molecule has 0 radical (unpaired) electrons. The third kappa shape index (κ3) is 4.48. The van der Waals surface area contributed by atoms with Gasteiger partial charge in [-0.25, -0.2) is 0 Å². The van der Waals surface area contributed by atoms with Crippen molar-refractivity contribution in [3.05, 3.63) is 24.3 Å². The first kappa shape index (κ1) is 20.5. The predicted molar refractivity (Wildman–Crippen MR) is 104 cm³/mol. The zero-order valence-corrected chi connectivity index (χ0v) is 16.0. The molecule has 0 aromatic heterocycles. The van der Waals surface area contributed by atoms with E-state index in [0.29, 0.717) is 23.9 Å². The van der Waals surface area contributed by atoms with Crippen molar-refractivity contribution in [3.63, 3.8) is 0 Å². The highest BCUT2D eigenvalue weighted by Gasteiger charge is 2.33. The van der Waals surface area contributed by atoms with Gasteiger partial charge in [-0.15, -0.1) is 12.4 Å². The molecule has 6 nitrogen and oxygen atoms in total. The number of nitrogens with one attached hydrogen (secondary N) is 1. The van der Waals surface area contributed by atoms with E-state index in [1.54, 1.807) is 13.0 Å². The molecule has 3 N–H and O–H groups in total. The van der Waals surface area contributed by atoms with Crippen molar-refractivity contribution in [1.82, 2.24) is 5.32 Å². The number of nitrogens with zero attached hydrogens (tertiary/aromatic N) is 1. The molecule has 1 saturated carbocycles. The summed E-state index contributed by atoms with van der Waals surface area (Å²) >= 11 is 0. The van der Waals surface area contributed by atoms with Crippen LogP contribution < -0.4 is 20.7 Å². The largest absolute Gasteiger partial charge is 0.479 e. The predicted octanol–water partition coefficient (Wildman–Crippen LogP) is 2.25. The van der Waals surface area contributed by atoms with Crippen molar-refractivity contribution in [2.24, 2.45) is 11.7 Å². The third-order valence-electron chi connectivity index (χ3n) is 5.19. The van der Waals surface area contributed by atoms with E-state index < -0.39 is 6.10 Å². The molecule has 2 amide bonds. The van der Waals surface area contributed by atoms with Gasteiger partial charge in [0.2, 0.25) is 5.91 Å². The van der Waals surface area contributed by atoms with Gasteiger partial charge in [0.25, 0.3) is 5.91 Å². The van der Waals surface area contributed by atoms with E-state index in [9.17, 15) is 9.59 Å². The Balaban J connectivity index is 0.00000243. The van der Waals surface area contributed by atoms with Crippen LogP contribution in [-0.2, 0) is 9.59 Å². The van der Waals surface area contributed by atoms with Crippen LogP contribution in [0.15, 0.2) is 24.3 Å². The summed E-state index contributed by atoms with van der Waals surface area (Å²) < 4.78 is 5.61. The Morgan fingerprint density at radius 1 is 1.31 bits per heavy atom. The lowest BCUT2D eigenvalue weighted by Crippen LogP contribution is -2.52. The summed E-state index contributed by atoms with van der Waals surface area (Å²) in [5.74, 6) is 0.702. The molecule has 0 saturated heterocycles. The Morgan fingerprint density at radius 2 is 2.00 bits per heavy atom. The standard InChI is InChI=1S/C19H27N3O3.ClH/c1-13-19(24)22(16-9-5-6-10-17(16)25-13)12-18(23)21-15(11-20)14-7-3-2-4-8-14;/h5-6,9-10,13-15H,2-4,7-8,11-12,20H2,1H3,(H,21,23);1H. The number of carbonyl (C=O) groups is 2. The summed E-state index contributed by atoms with van der Waals surface area (Å²) in [6.07, 6.45) is 5.29. The fourth-order valence-electron chi connectivity index (χ4n) is 3.82. The number of hydrogen-bond acceptors (Lipinski definition) is 4.